The van der Waals surface area contributed by atoms with E-state index in [0.717, 1.165) is 23.3 Å². The first-order chi connectivity index (χ1) is 7.18. The van der Waals surface area contributed by atoms with Gasteiger partial charge in [0.15, 0.2) is 0 Å². The summed E-state index contributed by atoms with van der Waals surface area (Å²) >= 11 is 0. The standard InChI is InChI=1S/C12H14O3/c1-8-4-5-11-10(7-8)9(12(13)14)3-2-6-15-11/h4-5,7,9H,2-3,6H2,1H3,(H,13,14). The van der Waals surface area contributed by atoms with Crippen LogP contribution in [0.15, 0.2) is 18.2 Å². The van der Waals surface area contributed by atoms with Crippen LogP contribution in [0.25, 0.3) is 0 Å². The van der Waals surface area contributed by atoms with E-state index < -0.39 is 11.9 Å². The van der Waals surface area contributed by atoms with E-state index in [1.807, 2.05) is 25.1 Å². The molecule has 0 saturated heterocycles. The second-order valence-corrected chi connectivity index (χ2v) is 3.92. The lowest BCUT2D eigenvalue weighted by molar-refractivity contribution is -0.138. The summed E-state index contributed by atoms with van der Waals surface area (Å²) in [6.45, 7) is 2.57. The van der Waals surface area contributed by atoms with Gasteiger partial charge in [-0.1, -0.05) is 17.7 Å². The van der Waals surface area contributed by atoms with E-state index in [1.54, 1.807) is 0 Å². The number of hydrogen-bond donors (Lipinski definition) is 1. The van der Waals surface area contributed by atoms with Gasteiger partial charge in [-0.3, -0.25) is 4.79 Å². The van der Waals surface area contributed by atoms with Crippen molar-refractivity contribution in [3.05, 3.63) is 29.3 Å². The fourth-order valence-corrected chi connectivity index (χ4v) is 1.95. The van der Waals surface area contributed by atoms with Crippen LogP contribution in [0.3, 0.4) is 0 Å². The SMILES string of the molecule is Cc1ccc2c(c1)C(C(=O)O)CCCO2. The Kier molecular flexibility index (Phi) is 2.62. The molecule has 1 heterocycles. The molecule has 0 aromatic heterocycles. The Morgan fingerprint density at radius 1 is 1.53 bits per heavy atom. The van der Waals surface area contributed by atoms with Gasteiger partial charge >= 0.3 is 5.97 Å². The Bertz CT molecular complexity index is 384. The van der Waals surface area contributed by atoms with Crippen LogP contribution in [-0.2, 0) is 4.79 Å². The molecule has 3 heteroatoms. The molecular weight excluding hydrogens is 192 g/mol. The molecule has 1 unspecified atom stereocenters. The van der Waals surface area contributed by atoms with Crippen LogP contribution in [0.4, 0.5) is 0 Å². The lowest BCUT2D eigenvalue weighted by Crippen LogP contribution is -2.10. The average Bonchev–Trinajstić information content (AvgIpc) is 2.39. The van der Waals surface area contributed by atoms with Crippen LogP contribution < -0.4 is 4.74 Å². The summed E-state index contributed by atoms with van der Waals surface area (Å²) in [4.78, 5) is 11.1. The summed E-state index contributed by atoms with van der Waals surface area (Å²) in [6, 6.07) is 5.73. The molecule has 1 atom stereocenters. The highest BCUT2D eigenvalue weighted by Gasteiger charge is 2.25. The van der Waals surface area contributed by atoms with Crippen molar-refractivity contribution < 1.29 is 14.6 Å². The third kappa shape index (κ3) is 1.96. The van der Waals surface area contributed by atoms with Gasteiger partial charge in [-0.2, -0.15) is 0 Å². The third-order valence-corrected chi connectivity index (χ3v) is 2.73. The van der Waals surface area contributed by atoms with Crippen LogP contribution in [0.1, 0.15) is 29.9 Å². The monoisotopic (exact) mass is 206 g/mol. The molecule has 1 aliphatic heterocycles. The zero-order chi connectivity index (χ0) is 10.8. The molecule has 1 N–H and O–H groups in total. The Balaban J connectivity index is 2.46. The summed E-state index contributed by atoms with van der Waals surface area (Å²) < 4.78 is 5.52. The molecule has 0 amide bonds. The fraction of sp³-hybridized carbons (Fsp3) is 0.417. The minimum absolute atomic E-state index is 0.414. The van der Waals surface area contributed by atoms with E-state index in [0.29, 0.717) is 13.0 Å². The number of carbonyl (C=O) groups is 1. The van der Waals surface area contributed by atoms with Crippen LogP contribution in [0.2, 0.25) is 0 Å². The number of carboxylic acids is 1. The molecule has 1 aromatic rings. The normalized spacial score (nSPS) is 19.9. The topological polar surface area (TPSA) is 46.5 Å². The first kappa shape index (κ1) is 10.0. The fourth-order valence-electron chi connectivity index (χ4n) is 1.95. The van der Waals surface area contributed by atoms with Gasteiger partial charge in [0.2, 0.25) is 0 Å². The van der Waals surface area contributed by atoms with Gasteiger partial charge in [0.25, 0.3) is 0 Å². The molecule has 0 saturated carbocycles. The van der Waals surface area contributed by atoms with Gasteiger partial charge in [-0.15, -0.1) is 0 Å². The minimum Gasteiger partial charge on any atom is -0.493 e. The highest BCUT2D eigenvalue weighted by Crippen LogP contribution is 2.33. The number of fused-ring (bicyclic) bond motifs is 1. The maximum Gasteiger partial charge on any atom is 0.311 e. The van der Waals surface area contributed by atoms with Gasteiger partial charge < -0.3 is 9.84 Å². The predicted molar refractivity (Wildman–Crippen MR) is 56.3 cm³/mol. The van der Waals surface area contributed by atoms with Crippen LogP contribution in [0, 0.1) is 6.92 Å². The van der Waals surface area contributed by atoms with Crippen molar-refractivity contribution in [3.63, 3.8) is 0 Å². The van der Waals surface area contributed by atoms with Crippen molar-refractivity contribution >= 4 is 5.97 Å². The zero-order valence-corrected chi connectivity index (χ0v) is 8.69. The van der Waals surface area contributed by atoms with E-state index in [4.69, 9.17) is 9.84 Å². The second kappa shape index (κ2) is 3.93. The average molecular weight is 206 g/mol. The molecule has 1 aliphatic rings. The molecule has 0 aliphatic carbocycles. The van der Waals surface area contributed by atoms with E-state index in [-0.39, 0.29) is 0 Å². The lowest BCUT2D eigenvalue weighted by atomic mass is 9.93. The molecular formula is C12H14O3. The number of carboxylic acid groups (broad SMARTS) is 1. The predicted octanol–water partition coefficient (Wildman–Crippen LogP) is 2.34. The van der Waals surface area contributed by atoms with E-state index in [1.165, 1.54) is 0 Å². The number of aliphatic carboxylic acids is 1. The molecule has 3 nitrogen and oxygen atoms in total. The molecule has 80 valence electrons. The van der Waals surface area contributed by atoms with Crippen molar-refractivity contribution in [2.75, 3.05) is 6.61 Å². The zero-order valence-electron chi connectivity index (χ0n) is 8.69. The lowest BCUT2D eigenvalue weighted by Gasteiger charge is -2.12. The van der Waals surface area contributed by atoms with Crippen LogP contribution in [-0.4, -0.2) is 17.7 Å². The van der Waals surface area contributed by atoms with Crippen molar-refractivity contribution in [3.8, 4) is 5.75 Å². The summed E-state index contributed by atoms with van der Waals surface area (Å²) in [5.74, 6) is -0.444. The molecule has 1 aromatic carbocycles. The number of hydrogen-bond acceptors (Lipinski definition) is 2. The van der Waals surface area contributed by atoms with Crippen molar-refractivity contribution in [2.45, 2.75) is 25.7 Å². The van der Waals surface area contributed by atoms with Crippen LogP contribution >= 0.6 is 0 Å². The number of rotatable bonds is 1. The van der Waals surface area contributed by atoms with Gasteiger partial charge in [0.05, 0.1) is 12.5 Å². The van der Waals surface area contributed by atoms with E-state index in [2.05, 4.69) is 0 Å². The maximum atomic E-state index is 11.1. The first-order valence-electron chi connectivity index (χ1n) is 5.14. The highest BCUT2D eigenvalue weighted by atomic mass is 16.5. The quantitative estimate of drug-likeness (QED) is 0.767. The van der Waals surface area contributed by atoms with Gasteiger partial charge in [-0.25, -0.2) is 0 Å². The summed E-state index contributed by atoms with van der Waals surface area (Å²) in [6.07, 6.45) is 1.45. The molecule has 15 heavy (non-hydrogen) atoms. The second-order valence-electron chi connectivity index (χ2n) is 3.92. The Morgan fingerprint density at radius 3 is 3.07 bits per heavy atom. The molecule has 2 rings (SSSR count). The van der Waals surface area contributed by atoms with Gasteiger partial charge in [-0.05, 0) is 25.8 Å². The number of benzene rings is 1. The van der Waals surface area contributed by atoms with E-state index >= 15 is 0 Å². The van der Waals surface area contributed by atoms with Crippen molar-refractivity contribution in [1.82, 2.24) is 0 Å². The van der Waals surface area contributed by atoms with Gasteiger partial charge in [0.1, 0.15) is 5.75 Å². The molecule has 0 fully saturated rings. The van der Waals surface area contributed by atoms with Gasteiger partial charge in [0, 0.05) is 5.56 Å². The minimum atomic E-state index is -0.757. The smallest absolute Gasteiger partial charge is 0.311 e. The van der Waals surface area contributed by atoms with Crippen molar-refractivity contribution in [2.24, 2.45) is 0 Å². The summed E-state index contributed by atoms with van der Waals surface area (Å²) in [5.41, 5.74) is 1.89. The Labute approximate surface area is 88.7 Å². The Hall–Kier alpha value is -1.51. The maximum absolute atomic E-state index is 11.1. The van der Waals surface area contributed by atoms with Crippen LogP contribution in [0.5, 0.6) is 5.75 Å². The molecule has 0 spiro atoms. The van der Waals surface area contributed by atoms with E-state index in [9.17, 15) is 4.79 Å². The largest absolute Gasteiger partial charge is 0.493 e. The first-order valence-corrected chi connectivity index (χ1v) is 5.14. The third-order valence-electron chi connectivity index (χ3n) is 2.73. The summed E-state index contributed by atoms with van der Waals surface area (Å²) in [7, 11) is 0. The molecule has 0 bridgehead atoms. The Morgan fingerprint density at radius 2 is 2.33 bits per heavy atom. The number of aryl methyl sites for hydroxylation is 1. The highest BCUT2D eigenvalue weighted by molar-refractivity contribution is 5.77. The van der Waals surface area contributed by atoms with Crippen molar-refractivity contribution in [1.29, 1.82) is 0 Å². The summed E-state index contributed by atoms with van der Waals surface area (Å²) in [5, 5.41) is 9.15. The number of ether oxygens (including phenoxy) is 1. The molecule has 0 radical (unpaired) electrons.